The Morgan fingerprint density at radius 3 is 2.79 bits per heavy atom. The molecule has 34 heavy (non-hydrogen) atoms. The van der Waals surface area contributed by atoms with Gasteiger partial charge in [-0.25, -0.2) is 0 Å². The number of aromatic nitrogens is 2. The summed E-state index contributed by atoms with van der Waals surface area (Å²) in [7, 11) is 0. The monoisotopic (exact) mass is 452 g/mol. The highest BCUT2D eigenvalue weighted by molar-refractivity contribution is 6.07. The zero-order valence-corrected chi connectivity index (χ0v) is 18.7. The molecule has 8 nitrogen and oxygen atoms in total. The lowest BCUT2D eigenvalue weighted by molar-refractivity contribution is 0.102. The van der Waals surface area contributed by atoms with Crippen molar-refractivity contribution in [2.24, 2.45) is 10.9 Å². The van der Waals surface area contributed by atoms with Crippen molar-refractivity contribution in [2.45, 2.75) is 25.3 Å². The predicted octanol–water partition coefficient (Wildman–Crippen LogP) is 3.95. The van der Waals surface area contributed by atoms with Crippen molar-refractivity contribution >= 4 is 17.3 Å². The number of anilines is 1. The topological polar surface area (TPSA) is 116 Å². The number of carbonyl (C=O) groups excluding carboxylic acids is 1. The van der Waals surface area contributed by atoms with Crippen LogP contribution in [0.4, 0.5) is 5.69 Å². The van der Waals surface area contributed by atoms with Gasteiger partial charge in [0.1, 0.15) is 0 Å². The van der Waals surface area contributed by atoms with E-state index in [1.807, 2.05) is 60.7 Å². The van der Waals surface area contributed by atoms with Gasteiger partial charge in [0.2, 0.25) is 5.89 Å². The van der Waals surface area contributed by atoms with Gasteiger partial charge in [0.15, 0.2) is 5.82 Å². The number of hydrogen-bond donors (Lipinski definition) is 2. The number of aryl methyl sites for hydroxylation is 1. The standard InChI is InChI=1S/C26H24N6O2/c1-16-30-26(34-32-16)17-10-11-22(18(14-17)15-27)28-12-13-29-24-19-6-2-3-7-20(19)25(33)31-23-9-5-4-8-21(23)24/h2-11,17-18,24,29H,12-14H2,1H3,(H,31,33). The Labute approximate surface area is 197 Å². The number of allylic oxidation sites excluding steroid dienone is 2. The summed E-state index contributed by atoms with van der Waals surface area (Å²) in [6.45, 7) is 2.87. The third-order valence-corrected chi connectivity index (χ3v) is 6.15. The summed E-state index contributed by atoms with van der Waals surface area (Å²) < 4.78 is 5.27. The van der Waals surface area contributed by atoms with Crippen LogP contribution in [0.25, 0.3) is 0 Å². The third-order valence-electron chi connectivity index (χ3n) is 6.15. The van der Waals surface area contributed by atoms with Crippen LogP contribution in [0.2, 0.25) is 0 Å². The summed E-state index contributed by atoms with van der Waals surface area (Å²) in [6.07, 6.45) is 4.43. The van der Waals surface area contributed by atoms with Gasteiger partial charge in [0.05, 0.1) is 36.2 Å². The zero-order valence-electron chi connectivity index (χ0n) is 18.7. The van der Waals surface area contributed by atoms with E-state index in [2.05, 4.69) is 26.8 Å². The number of nitrogens with one attached hydrogen (secondary N) is 2. The fourth-order valence-electron chi connectivity index (χ4n) is 4.50. The fourth-order valence-corrected chi connectivity index (χ4v) is 4.50. The molecule has 0 saturated heterocycles. The first-order valence-corrected chi connectivity index (χ1v) is 11.3. The molecule has 5 rings (SSSR count). The molecule has 1 aliphatic carbocycles. The summed E-state index contributed by atoms with van der Waals surface area (Å²) in [5, 5.41) is 20.1. The molecule has 1 amide bonds. The van der Waals surface area contributed by atoms with E-state index in [4.69, 9.17) is 9.52 Å². The smallest absolute Gasteiger partial charge is 0.256 e. The number of nitriles is 1. The van der Waals surface area contributed by atoms with Crippen molar-refractivity contribution in [3.05, 3.63) is 89.1 Å². The van der Waals surface area contributed by atoms with Crippen LogP contribution in [0, 0.1) is 24.2 Å². The molecule has 0 bridgehead atoms. The summed E-state index contributed by atoms with van der Waals surface area (Å²) >= 11 is 0. The van der Waals surface area contributed by atoms with Gasteiger partial charge in [-0.15, -0.1) is 0 Å². The largest absolute Gasteiger partial charge is 0.339 e. The van der Waals surface area contributed by atoms with Gasteiger partial charge in [-0.1, -0.05) is 47.6 Å². The average Bonchev–Trinajstić information content (AvgIpc) is 3.26. The first kappa shape index (κ1) is 21.7. The highest BCUT2D eigenvalue weighted by atomic mass is 16.5. The Morgan fingerprint density at radius 2 is 2.00 bits per heavy atom. The maximum Gasteiger partial charge on any atom is 0.256 e. The molecule has 0 spiro atoms. The number of amides is 1. The number of carbonyl (C=O) groups is 1. The molecule has 1 aromatic heterocycles. The number of benzene rings is 2. The molecule has 8 heteroatoms. The SMILES string of the molecule is Cc1noc(C2C=CC(=NCCNC3c4ccccc4NC(=O)c4ccccc43)C(C#N)C2)n1. The van der Waals surface area contributed by atoms with Crippen LogP contribution in [0.15, 0.2) is 70.2 Å². The van der Waals surface area contributed by atoms with Crippen molar-refractivity contribution in [1.82, 2.24) is 15.5 Å². The van der Waals surface area contributed by atoms with Gasteiger partial charge in [-0.2, -0.15) is 10.2 Å². The Balaban J connectivity index is 1.32. The molecule has 2 aliphatic rings. The van der Waals surface area contributed by atoms with Gasteiger partial charge < -0.3 is 15.2 Å². The molecule has 2 N–H and O–H groups in total. The lowest BCUT2D eigenvalue weighted by Crippen LogP contribution is -2.26. The highest BCUT2D eigenvalue weighted by Gasteiger charge is 2.28. The molecular formula is C26H24N6O2. The lowest BCUT2D eigenvalue weighted by Gasteiger charge is -2.21. The molecule has 0 saturated carbocycles. The Bertz CT molecular complexity index is 1320. The highest BCUT2D eigenvalue weighted by Crippen LogP contribution is 2.34. The van der Waals surface area contributed by atoms with Gasteiger partial charge in [0.25, 0.3) is 5.91 Å². The summed E-state index contributed by atoms with van der Waals surface area (Å²) in [5.41, 5.74) is 4.16. The van der Waals surface area contributed by atoms with Gasteiger partial charge >= 0.3 is 0 Å². The Kier molecular flexibility index (Phi) is 6.02. The summed E-state index contributed by atoms with van der Waals surface area (Å²) in [5.74, 6) is 0.600. The second-order valence-corrected chi connectivity index (χ2v) is 8.39. The minimum atomic E-state index is -0.330. The van der Waals surface area contributed by atoms with Crippen LogP contribution in [-0.2, 0) is 0 Å². The summed E-state index contributed by atoms with van der Waals surface area (Å²) in [4.78, 5) is 21.7. The molecule has 3 unspecified atom stereocenters. The van der Waals surface area contributed by atoms with Crippen LogP contribution >= 0.6 is 0 Å². The zero-order chi connectivity index (χ0) is 23.5. The van der Waals surface area contributed by atoms with Crippen molar-refractivity contribution in [3.63, 3.8) is 0 Å². The van der Waals surface area contributed by atoms with Crippen molar-refractivity contribution < 1.29 is 9.32 Å². The lowest BCUT2D eigenvalue weighted by atomic mass is 9.86. The molecule has 0 fully saturated rings. The van der Waals surface area contributed by atoms with Crippen LogP contribution in [0.1, 0.15) is 51.6 Å². The van der Waals surface area contributed by atoms with E-state index in [1.54, 1.807) is 6.92 Å². The second-order valence-electron chi connectivity index (χ2n) is 8.39. The fraction of sp³-hybridized carbons (Fsp3) is 0.269. The number of hydrogen-bond acceptors (Lipinski definition) is 7. The van der Waals surface area contributed by atoms with E-state index in [9.17, 15) is 10.1 Å². The number of nitrogens with zero attached hydrogens (tertiary/aromatic N) is 4. The number of rotatable bonds is 5. The molecule has 3 atom stereocenters. The molecule has 0 radical (unpaired) electrons. The molecule has 170 valence electrons. The predicted molar refractivity (Wildman–Crippen MR) is 128 cm³/mol. The summed E-state index contributed by atoms with van der Waals surface area (Å²) in [6, 6.07) is 17.7. The van der Waals surface area contributed by atoms with E-state index in [0.717, 1.165) is 22.5 Å². The first-order chi connectivity index (χ1) is 16.6. The minimum Gasteiger partial charge on any atom is -0.339 e. The van der Waals surface area contributed by atoms with Crippen LogP contribution in [-0.4, -0.2) is 34.8 Å². The molecular weight excluding hydrogens is 428 g/mol. The maximum absolute atomic E-state index is 12.7. The van der Waals surface area contributed by atoms with E-state index >= 15 is 0 Å². The number of fused-ring (bicyclic) bond motifs is 2. The maximum atomic E-state index is 12.7. The van der Waals surface area contributed by atoms with Crippen molar-refractivity contribution in [3.8, 4) is 6.07 Å². The molecule has 1 aliphatic heterocycles. The van der Waals surface area contributed by atoms with E-state index in [1.165, 1.54) is 0 Å². The third kappa shape index (κ3) is 4.26. The van der Waals surface area contributed by atoms with E-state index < -0.39 is 0 Å². The minimum absolute atomic E-state index is 0.0769. The van der Waals surface area contributed by atoms with Gasteiger partial charge in [-0.3, -0.25) is 9.79 Å². The second kappa shape index (κ2) is 9.41. The Hall–Kier alpha value is -4.09. The normalized spacial score (nSPS) is 22.4. The van der Waals surface area contributed by atoms with Crippen LogP contribution in [0.5, 0.6) is 0 Å². The van der Waals surface area contributed by atoms with Crippen molar-refractivity contribution in [2.75, 3.05) is 18.4 Å². The van der Waals surface area contributed by atoms with Gasteiger partial charge in [0, 0.05) is 17.8 Å². The van der Waals surface area contributed by atoms with E-state index in [0.29, 0.717) is 36.8 Å². The van der Waals surface area contributed by atoms with Crippen LogP contribution in [0.3, 0.4) is 0 Å². The Morgan fingerprint density at radius 1 is 1.21 bits per heavy atom. The van der Waals surface area contributed by atoms with Gasteiger partial charge in [-0.05, 0) is 42.7 Å². The van der Waals surface area contributed by atoms with Crippen LogP contribution < -0.4 is 10.6 Å². The van der Waals surface area contributed by atoms with E-state index in [-0.39, 0.29) is 23.8 Å². The first-order valence-electron chi connectivity index (χ1n) is 11.3. The van der Waals surface area contributed by atoms with Crippen molar-refractivity contribution in [1.29, 1.82) is 5.26 Å². The average molecular weight is 453 g/mol. The molecule has 3 aromatic rings. The quantitative estimate of drug-likeness (QED) is 0.566. The number of aliphatic imine (C=N–C) groups is 1. The molecule has 2 heterocycles. The number of para-hydroxylation sites is 1. The molecule has 2 aromatic carbocycles.